The minimum Gasteiger partial charge on any atom is -1.00 e. The molecule has 2 bridgehead atoms. The molecule has 2 aromatic carbocycles. The average molecular weight is 524 g/mol. The van der Waals surface area contributed by atoms with Crippen LogP contribution in [0.4, 0.5) is 0 Å². The number of nitrogens with zero attached hydrogens (tertiary/aromatic N) is 3. The monoisotopic (exact) mass is 523 g/mol. The van der Waals surface area contributed by atoms with Gasteiger partial charge in [-0.05, 0) is 43.0 Å². The lowest BCUT2D eigenvalue weighted by molar-refractivity contribution is -0.959. The molecule has 0 unspecified atom stereocenters. The molecule has 6 nitrogen and oxygen atoms in total. The van der Waals surface area contributed by atoms with Crippen LogP contribution in [0.5, 0.6) is 5.75 Å². The number of quaternary nitrogens is 1. The highest BCUT2D eigenvalue weighted by molar-refractivity contribution is 5.30. The number of aliphatic hydroxyl groups is 1. The molecule has 3 saturated heterocycles. The number of piperidine rings is 3. The number of aromatic nitrogens is 2. The molecule has 1 aromatic heterocycles. The first kappa shape index (κ1) is 26.2. The molecular formula is C30H38ClN3O3. The molecule has 0 spiro atoms. The van der Waals surface area contributed by atoms with Crippen molar-refractivity contribution in [1.82, 2.24) is 10.2 Å². The Bertz CT molecular complexity index is 1170. The fourth-order valence-corrected chi connectivity index (χ4v) is 6.95. The summed E-state index contributed by atoms with van der Waals surface area (Å²) in [4.78, 5) is 0. The van der Waals surface area contributed by atoms with E-state index in [9.17, 15) is 5.11 Å². The van der Waals surface area contributed by atoms with Crippen LogP contribution in [-0.2, 0) is 12.1 Å². The van der Waals surface area contributed by atoms with E-state index in [0.29, 0.717) is 24.2 Å². The van der Waals surface area contributed by atoms with Crippen LogP contribution in [0.3, 0.4) is 0 Å². The fraction of sp³-hybridized carbons (Fsp3) is 0.533. The number of aryl methyl sites for hydroxylation is 1. The molecular weight excluding hydrogens is 486 g/mol. The van der Waals surface area contributed by atoms with Crippen molar-refractivity contribution >= 4 is 0 Å². The summed E-state index contributed by atoms with van der Waals surface area (Å²) in [6.07, 6.45) is 7.96. The van der Waals surface area contributed by atoms with E-state index >= 15 is 0 Å². The van der Waals surface area contributed by atoms with E-state index < -0.39 is 5.60 Å². The van der Waals surface area contributed by atoms with E-state index in [-0.39, 0.29) is 24.4 Å². The fourth-order valence-electron chi connectivity index (χ4n) is 6.95. The van der Waals surface area contributed by atoms with Crippen LogP contribution in [-0.4, -0.2) is 45.5 Å². The zero-order valence-electron chi connectivity index (χ0n) is 21.7. The van der Waals surface area contributed by atoms with Gasteiger partial charge in [0.25, 0.3) is 11.8 Å². The number of fused-ring (bicyclic) bond motifs is 3. The van der Waals surface area contributed by atoms with E-state index in [1.165, 1.54) is 12.0 Å². The molecule has 7 rings (SSSR count). The van der Waals surface area contributed by atoms with Gasteiger partial charge in [0.15, 0.2) is 18.2 Å². The molecule has 198 valence electrons. The van der Waals surface area contributed by atoms with Gasteiger partial charge in [0.1, 0.15) is 12.3 Å². The zero-order valence-corrected chi connectivity index (χ0v) is 22.4. The topological polar surface area (TPSA) is 68.4 Å². The molecule has 4 aliphatic rings. The summed E-state index contributed by atoms with van der Waals surface area (Å²) in [5.74, 6) is 2.65. The molecule has 1 saturated carbocycles. The van der Waals surface area contributed by atoms with Crippen LogP contribution >= 0.6 is 0 Å². The Balaban J connectivity index is 0.00000280. The van der Waals surface area contributed by atoms with Crippen molar-refractivity contribution in [1.29, 1.82) is 0 Å². The molecule has 2 atom stereocenters. The second-order valence-electron chi connectivity index (χ2n) is 11.4. The largest absolute Gasteiger partial charge is 1.00 e. The second kappa shape index (κ2) is 10.8. The molecule has 7 heteroatoms. The summed E-state index contributed by atoms with van der Waals surface area (Å²) in [7, 11) is 0. The second-order valence-corrected chi connectivity index (χ2v) is 11.4. The highest BCUT2D eigenvalue weighted by Gasteiger charge is 2.49. The Morgan fingerprint density at radius 1 is 0.973 bits per heavy atom. The number of halogens is 1. The van der Waals surface area contributed by atoms with Gasteiger partial charge in [-0.2, -0.15) is 0 Å². The molecule has 0 amide bonds. The van der Waals surface area contributed by atoms with Gasteiger partial charge < -0.3 is 31.2 Å². The molecule has 37 heavy (non-hydrogen) atoms. The molecule has 1 N–H and O–H groups in total. The van der Waals surface area contributed by atoms with Crippen molar-refractivity contribution in [3.8, 4) is 5.75 Å². The molecule has 3 aliphatic heterocycles. The average Bonchev–Trinajstić information content (AvgIpc) is 3.38. The SMILES string of the molecule is Cc1cccc(O[C@H]2C[N+]3(Cc4nnc([C@](O)(c5ccccc5)C5CCCCC5)o4)CCC2CC3)c1.[Cl-]. The van der Waals surface area contributed by atoms with Crippen LogP contribution in [0.1, 0.15) is 67.9 Å². The summed E-state index contributed by atoms with van der Waals surface area (Å²) in [6.45, 7) is 5.99. The molecule has 3 aromatic rings. The Morgan fingerprint density at radius 2 is 1.73 bits per heavy atom. The van der Waals surface area contributed by atoms with Gasteiger partial charge in [0.2, 0.25) is 0 Å². The predicted octanol–water partition coefficient (Wildman–Crippen LogP) is 2.39. The first-order chi connectivity index (χ1) is 17.5. The summed E-state index contributed by atoms with van der Waals surface area (Å²) < 4.78 is 13.8. The van der Waals surface area contributed by atoms with Crippen molar-refractivity contribution in [3.05, 3.63) is 77.5 Å². The van der Waals surface area contributed by atoms with Crippen molar-refractivity contribution in [2.75, 3.05) is 19.6 Å². The standard InChI is InChI=1S/C30H38N3O3.ClH/c1-22-9-8-14-26(19-22)35-27-20-33(17-15-23(27)16-18-33)21-28-31-32-29(36-28)30(34,24-10-4-2-5-11-24)25-12-6-3-7-13-25;/h2,4-5,8-11,14,19,23,25,27,34H,3,6-7,12-13,15-18,20-21H2,1H3;1H/q+1;/p-1/t23?,27-,30-,33?;/m0./s1. The lowest BCUT2D eigenvalue weighted by atomic mass is 9.73. The maximum atomic E-state index is 12.1. The van der Waals surface area contributed by atoms with Gasteiger partial charge in [0, 0.05) is 24.7 Å². The highest BCUT2D eigenvalue weighted by atomic mass is 35.5. The minimum atomic E-state index is -1.24. The minimum absolute atomic E-state index is 0. The third kappa shape index (κ3) is 5.16. The first-order valence-electron chi connectivity index (χ1n) is 13.7. The summed E-state index contributed by atoms with van der Waals surface area (Å²) in [6, 6.07) is 18.3. The van der Waals surface area contributed by atoms with E-state index in [1.807, 2.05) is 30.3 Å². The van der Waals surface area contributed by atoms with Gasteiger partial charge in [-0.3, -0.25) is 0 Å². The Labute approximate surface area is 226 Å². The van der Waals surface area contributed by atoms with Crippen LogP contribution in [0.2, 0.25) is 0 Å². The summed E-state index contributed by atoms with van der Waals surface area (Å²) >= 11 is 0. The lowest BCUT2D eigenvalue weighted by Crippen LogP contribution is -3.00. The maximum absolute atomic E-state index is 12.1. The van der Waals surface area contributed by atoms with Crippen LogP contribution < -0.4 is 17.1 Å². The van der Waals surface area contributed by atoms with Gasteiger partial charge >= 0.3 is 0 Å². The number of benzene rings is 2. The lowest BCUT2D eigenvalue weighted by Gasteiger charge is -2.51. The zero-order chi connectivity index (χ0) is 24.6. The van der Waals surface area contributed by atoms with Gasteiger partial charge in [-0.15, -0.1) is 10.2 Å². The summed E-state index contributed by atoms with van der Waals surface area (Å²) in [5, 5.41) is 21.1. The summed E-state index contributed by atoms with van der Waals surface area (Å²) in [5.41, 5.74) is 0.836. The molecule has 4 heterocycles. The Hall–Kier alpha value is -2.41. The van der Waals surface area contributed by atoms with E-state index in [1.54, 1.807) is 0 Å². The number of rotatable bonds is 7. The van der Waals surface area contributed by atoms with Crippen LogP contribution in [0, 0.1) is 18.8 Å². The van der Waals surface area contributed by atoms with Crippen molar-refractivity contribution in [3.63, 3.8) is 0 Å². The van der Waals surface area contributed by atoms with Crippen molar-refractivity contribution in [2.24, 2.45) is 11.8 Å². The van der Waals surface area contributed by atoms with Crippen LogP contribution in [0.25, 0.3) is 0 Å². The molecule has 4 fully saturated rings. The van der Waals surface area contributed by atoms with E-state index in [4.69, 9.17) is 9.15 Å². The number of ether oxygens (including phenoxy) is 1. The molecule has 1 aliphatic carbocycles. The van der Waals surface area contributed by atoms with Crippen LogP contribution in [0.15, 0.2) is 59.0 Å². The van der Waals surface area contributed by atoms with E-state index in [0.717, 1.165) is 74.0 Å². The third-order valence-electron chi connectivity index (χ3n) is 8.99. The van der Waals surface area contributed by atoms with Gasteiger partial charge in [-0.1, -0.05) is 61.7 Å². The highest BCUT2D eigenvalue weighted by Crippen LogP contribution is 2.44. The van der Waals surface area contributed by atoms with Crippen molar-refractivity contribution in [2.45, 2.75) is 70.1 Å². The predicted molar refractivity (Wildman–Crippen MR) is 137 cm³/mol. The quantitative estimate of drug-likeness (QED) is 0.482. The van der Waals surface area contributed by atoms with E-state index in [2.05, 4.69) is 41.4 Å². The normalized spacial score (nSPS) is 27.3. The maximum Gasteiger partial charge on any atom is 0.271 e. The Morgan fingerprint density at radius 3 is 2.46 bits per heavy atom. The Kier molecular flexibility index (Phi) is 7.62. The number of hydrogen-bond acceptors (Lipinski definition) is 5. The van der Waals surface area contributed by atoms with Gasteiger partial charge in [0.05, 0.1) is 13.1 Å². The molecule has 0 radical (unpaired) electrons. The third-order valence-corrected chi connectivity index (χ3v) is 8.99. The first-order valence-corrected chi connectivity index (χ1v) is 13.7. The number of hydrogen-bond donors (Lipinski definition) is 1. The smallest absolute Gasteiger partial charge is 0.271 e. The van der Waals surface area contributed by atoms with Crippen molar-refractivity contribution < 1.29 is 31.2 Å². The van der Waals surface area contributed by atoms with Gasteiger partial charge in [-0.25, -0.2) is 0 Å².